The van der Waals surface area contributed by atoms with E-state index in [9.17, 15) is 9.59 Å². The molecule has 4 aromatic rings. The first kappa shape index (κ1) is 11.9. The van der Waals surface area contributed by atoms with Gasteiger partial charge >= 0.3 is 0 Å². The van der Waals surface area contributed by atoms with E-state index < -0.39 is 0 Å². The number of hydrogen-bond donors (Lipinski definition) is 1. The van der Waals surface area contributed by atoms with E-state index in [4.69, 9.17) is 0 Å². The Morgan fingerprint density at radius 2 is 1.29 bits per heavy atom. The summed E-state index contributed by atoms with van der Waals surface area (Å²) in [6.07, 6.45) is 0. The fourth-order valence-corrected chi connectivity index (χ4v) is 2.74. The van der Waals surface area contributed by atoms with E-state index in [0.717, 1.165) is 10.8 Å². The molecule has 4 rings (SSSR count). The maximum atomic E-state index is 12.7. The van der Waals surface area contributed by atoms with E-state index in [1.807, 2.05) is 24.3 Å². The number of benzene rings is 3. The lowest BCUT2D eigenvalue weighted by Gasteiger charge is -1.97. The van der Waals surface area contributed by atoms with Gasteiger partial charge in [-0.25, -0.2) is 0 Å². The molecule has 0 radical (unpaired) electrons. The summed E-state index contributed by atoms with van der Waals surface area (Å²) in [5.41, 5.74) is 0.200. The molecule has 0 saturated carbocycles. The van der Waals surface area contributed by atoms with Gasteiger partial charge in [-0.2, -0.15) is 0 Å². The second kappa shape index (κ2) is 4.28. The maximum absolute atomic E-state index is 12.7. The monoisotopic (exact) mass is 273 g/mol. The molecule has 0 fully saturated rings. The average Bonchev–Trinajstić information content (AvgIpc) is 2.62. The smallest absolute Gasteiger partial charge is 0.256 e. The van der Waals surface area contributed by atoms with Gasteiger partial charge in [-0.05, 0) is 35.0 Å². The summed E-state index contributed by atoms with van der Waals surface area (Å²) in [5.74, 6) is 0. The van der Waals surface area contributed by atoms with Gasteiger partial charge in [0.05, 0.1) is 10.9 Å². The average molecular weight is 273 g/mol. The van der Waals surface area contributed by atoms with Gasteiger partial charge in [0.1, 0.15) is 0 Å². The largest absolute Gasteiger partial charge is 0.321 e. The molecule has 0 aliphatic rings. The second-order valence-electron chi connectivity index (χ2n) is 5.07. The third kappa shape index (κ3) is 1.75. The Morgan fingerprint density at radius 1 is 0.667 bits per heavy atom. The number of rotatable bonds is 0. The van der Waals surface area contributed by atoms with Crippen molar-refractivity contribution in [2.75, 3.05) is 0 Å². The minimum Gasteiger partial charge on any atom is -0.321 e. The fraction of sp³-hybridized carbons (Fsp3) is 0. The molecule has 21 heavy (non-hydrogen) atoms. The molecule has 3 heteroatoms. The van der Waals surface area contributed by atoms with Crippen LogP contribution in [0.3, 0.4) is 0 Å². The molecular formula is C18H11NO2. The Labute approximate surface area is 119 Å². The predicted molar refractivity (Wildman–Crippen MR) is 85.9 cm³/mol. The van der Waals surface area contributed by atoms with Crippen LogP contribution in [0.4, 0.5) is 0 Å². The Hall–Kier alpha value is -2.94. The Morgan fingerprint density at radius 3 is 2.05 bits per heavy atom. The molecule has 0 saturated heterocycles. The van der Waals surface area contributed by atoms with Crippen molar-refractivity contribution in [3.63, 3.8) is 0 Å². The number of para-hydroxylation sites is 1. The highest BCUT2D eigenvalue weighted by Crippen LogP contribution is 2.19. The van der Waals surface area contributed by atoms with Crippen molar-refractivity contribution in [2.24, 2.45) is 0 Å². The summed E-state index contributed by atoms with van der Waals surface area (Å²) in [4.78, 5) is 27.9. The van der Waals surface area contributed by atoms with E-state index in [-0.39, 0.29) is 11.0 Å². The molecule has 3 nitrogen and oxygen atoms in total. The third-order valence-electron chi connectivity index (χ3n) is 3.80. The van der Waals surface area contributed by atoms with E-state index >= 15 is 0 Å². The highest BCUT2D eigenvalue weighted by molar-refractivity contribution is 6.00. The topological polar surface area (TPSA) is 49.9 Å². The molecule has 0 aliphatic carbocycles. The highest BCUT2D eigenvalue weighted by Gasteiger charge is 2.07. The van der Waals surface area contributed by atoms with Crippen LogP contribution in [0.1, 0.15) is 0 Å². The van der Waals surface area contributed by atoms with Crippen LogP contribution in [0.25, 0.3) is 32.4 Å². The molecule has 0 atom stereocenters. The summed E-state index contributed by atoms with van der Waals surface area (Å²) in [6.45, 7) is 0. The summed E-state index contributed by atoms with van der Waals surface area (Å²) >= 11 is 0. The lowest BCUT2D eigenvalue weighted by Crippen LogP contribution is -2.03. The van der Waals surface area contributed by atoms with E-state index in [0.29, 0.717) is 21.7 Å². The summed E-state index contributed by atoms with van der Waals surface area (Å²) in [6, 6.07) is 18.4. The van der Waals surface area contributed by atoms with Gasteiger partial charge in [0.25, 0.3) is 5.56 Å². The predicted octanol–water partition coefficient (Wildman–Crippen LogP) is 3.19. The number of aromatic amines is 1. The second-order valence-corrected chi connectivity index (χ2v) is 5.07. The first-order chi connectivity index (χ1) is 10.2. The van der Waals surface area contributed by atoms with Gasteiger partial charge in [0, 0.05) is 10.8 Å². The fourth-order valence-electron chi connectivity index (χ4n) is 2.74. The van der Waals surface area contributed by atoms with Crippen LogP contribution in [0.2, 0.25) is 0 Å². The summed E-state index contributed by atoms with van der Waals surface area (Å²) in [7, 11) is 0. The van der Waals surface area contributed by atoms with Crippen LogP contribution in [-0.2, 0) is 0 Å². The molecule has 0 unspecified atom stereocenters. The summed E-state index contributed by atoms with van der Waals surface area (Å²) < 4.78 is 0. The standard InChI is InChI=1S/C18H11NO2/c20-17-13-7-3-4-8-16(13)19-18(21)15-10-12-6-2-1-5-11(12)9-14(15)17/h1-10H,(H,19,21). The van der Waals surface area contributed by atoms with Crippen LogP contribution in [0.15, 0.2) is 70.3 Å². The summed E-state index contributed by atoms with van der Waals surface area (Å²) in [5, 5.41) is 3.31. The van der Waals surface area contributed by atoms with Crippen LogP contribution in [0.5, 0.6) is 0 Å². The lowest BCUT2D eigenvalue weighted by molar-refractivity contribution is 1.36. The molecule has 1 heterocycles. The van der Waals surface area contributed by atoms with Crippen molar-refractivity contribution in [3.8, 4) is 0 Å². The van der Waals surface area contributed by atoms with E-state index in [1.165, 1.54) is 0 Å². The van der Waals surface area contributed by atoms with Crippen LogP contribution in [0, 0.1) is 0 Å². The quantitative estimate of drug-likeness (QED) is 0.535. The Kier molecular flexibility index (Phi) is 2.42. The van der Waals surface area contributed by atoms with Gasteiger partial charge in [-0.15, -0.1) is 0 Å². The molecular weight excluding hydrogens is 262 g/mol. The van der Waals surface area contributed by atoms with Crippen molar-refractivity contribution < 1.29 is 0 Å². The van der Waals surface area contributed by atoms with E-state index in [2.05, 4.69) is 4.98 Å². The third-order valence-corrected chi connectivity index (χ3v) is 3.80. The number of H-pyrrole nitrogens is 1. The van der Waals surface area contributed by atoms with Crippen molar-refractivity contribution in [1.29, 1.82) is 0 Å². The number of aromatic nitrogens is 1. The van der Waals surface area contributed by atoms with E-state index in [1.54, 1.807) is 36.4 Å². The lowest BCUT2D eigenvalue weighted by atomic mass is 10.0. The van der Waals surface area contributed by atoms with Gasteiger partial charge in [0.2, 0.25) is 0 Å². The van der Waals surface area contributed by atoms with Gasteiger partial charge in [-0.1, -0.05) is 36.4 Å². The minimum absolute atomic E-state index is 0.121. The van der Waals surface area contributed by atoms with Crippen molar-refractivity contribution >= 4 is 32.4 Å². The van der Waals surface area contributed by atoms with Crippen molar-refractivity contribution in [3.05, 3.63) is 81.2 Å². The van der Waals surface area contributed by atoms with Crippen LogP contribution in [-0.4, -0.2) is 4.98 Å². The first-order valence-electron chi connectivity index (χ1n) is 6.72. The van der Waals surface area contributed by atoms with Crippen LogP contribution < -0.4 is 11.0 Å². The molecule has 1 N–H and O–H groups in total. The number of fused-ring (bicyclic) bond motifs is 3. The normalized spacial score (nSPS) is 11.2. The van der Waals surface area contributed by atoms with Crippen molar-refractivity contribution in [2.45, 2.75) is 0 Å². The SMILES string of the molecule is O=c1[nH]c2ccccc2c(=O)c2cc3ccccc3cc12. The van der Waals surface area contributed by atoms with Crippen LogP contribution >= 0.6 is 0 Å². The Balaban J connectivity index is 2.39. The highest BCUT2D eigenvalue weighted by atomic mass is 16.1. The molecule has 3 aromatic carbocycles. The zero-order valence-electron chi connectivity index (χ0n) is 11.1. The molecule has 100 valence electrons. The molecule has 0 bridgehead atoms. The molecule has 0 spiro atoms. The Bertz CT molecular complexity index is 1130. The molecule has 0 amide bonds. The molecule has 1 aromatic heterocycles. The number of nitrogens with one attached hydrogen (secondary N) is 1. The van der Waals surface area contributed by atoms with Gasteiger partial charge in [0.15, 0.2) is 5.43 Å². The molecule has 0 aliphatic heterocycles. The first-order valence-corrected chi connectivity index (χ1v) is 6.72. The van der Waals surface area contributed by atoms with Gasteiger partial charge in [-0.3, -0.25) is 9.59 Å². The number of hydrogen-bond acceptors (Lipinski definition) is 2. The maximum Gasteiger partial charge on any atom is 0.256 e. The van der Waals surface area contributed by atoms with Gasteiger partial charge < -0.3 is 4.98 Å². The minimum atomic E-state index is -0.242. The zero-order chi connectivity index (χ0) is 14.4. The zero-order valence-corrected chi connectivity index (χ0v) is 11.1. The van der Waals surface area contributed by atoms with Crippen molar-refractivity contribution in [1.82, 2.24) is 4.98 Å².